The van der Waals surface area contributed by atoms with E-state index in [1.54, 1.807) is 11.8 Å². The van der Waals surface area contributed by atoms with Crippen LogP contribution in [0.5, 0.6) is 0 Å². The average Bonchev–Trinajstić information content (AvgIpc) is 3.00. The third-order valence-electron chi connectivity index (χ3n) is 3.02. The highest BCUT2D eigenvalue weighted by molar-refractivity contribution is 8.00. The smallest absolute Gasteiger partial charge is 0.233 e. The molecule has 0 aromatic carbocycles. The predicted molar refractivity (Wildman–Crippen MR) is 57.3 cm³/mol. The maximum Gasteiger partial charge on any atom is 0.233 e. The van der Waals surface area contributed by atoms with Crippen molar-refractivity contribution in [3.8, 4) is 0 Å². The topological polar surface area (TPSA) is 49.3 Å². The average molecular weight is 215 g/mol. The minimum absolute atomic E-state index is 0.0934. The number of carbonyl (C=O) groups is 1. The Hall–Kier alpha value is -0.220. The Balaban J connectivity index is 1.82. The van der Waals surface area contributed by atoms with E-state index in [0.29, 0.717) is 0 Å². The first-order chi connectivity index (χ1) is 6.76. The highest BCUT2D eigenvalue weighted by atomic mass is 32.2. The molecule has 0 spiro atoms. The highest BCUT2D eigenvalue weighted by Gasteiger charge is 2.44. The fourth-order valence-corrected chi connectivity index (χ4v) is 2.96. The lowest BCUT2D eigenvalue weighted by Gasteiger charge is -2.23. The molecule has 2 rings (SSSR count). The molecule has 0 aromatic rings. The molecule has 0 radical (unpaired) electrons. The van der Waals surface area contributed by atoms with E-state index >= 15 is 0 Å². The van der Waals surface area contributed by atoms with Crippen LogP contribution in [-0.4, -0.2) is 34.2 Å². The summed E-state index contributed by atoms with van der Waals surface area (Å²) in [5, 5.41) is 12.2. The van der Waals surface area contributed by atoms with Crippen LogP contribution in [0.1, 0.15) is 32.1 Å². The van der Waals surface area contributed by atoms with E-state index in [1.807, 2.05) is 0 Å². The Morgan fingerprint density at radius 1 is 1.50 bits per heavy atom. The molecule has 1 saturated carbocycles. The summed E-state index contributed by atoms with van der Waals surface area (Å²) < 4.78 is 0. The normalized spacial score (nSPS) is 29.6. The lowest BCUT2D eigenvalue weighted by molar-refractivity contribution is -0.122. The molecule has 2 N–H and O–H groups in total. The lowest BCUT2D eigenvalue weighted by Crippen LogP contribution is -2.44. The Morgan fingerprint density at radius 2 is 2.29 bits per heavy atom. The number of hydrogen-bond acceptors (Lipinski definition) is 3. The molecule has 1 saturated heterocycles. The summed E-state index contributed by atoms with van der Waals surface area (Å²) in [4.78, 5) is 11.8. The SMILES string of the molecule is O=C(NC1(CO)CC1)C1CCCCS1. The highest BCUT2D eigenvalue weighted by Crippen LogP contribution is 2.35. The molecule has 0 aromatic heterocycles. The van der Waals surface area contributed by atoms with Gasteiger partial charge in [0.15, 0.2) is 0 Å². The van der Waals surface area contributed by atoms with Gasteiger partial charge in [0, 0.05) is 0 Å². The monoisotopic (exact) mass is 215 g/mol. The second-order valence-electron chi connectivity index (χ2n) is 4.28. The van der Waals surface area contributed by atoms with Gasteiger partial charge in [-0.1, -0.05) is 6.42 Å². The standard InChI is InChI=1S/C10H17NO2S/c12-7-10(4-5-10)11-9(13)8-3-1-2-6-14-8/h8,12H,1-7H2,(H,11,13). The number of amides is 1. The van der Waals surface area contributed by atoms with Gasteiger partial charge in [-0.05, 0) is 31.4 Å². The molecule has 1 amide bonds. The maximum atomic E-state index is 11.8. The molecule has 14 heavy (non-hydrogen) atoms. The van der Waals surface area contributed by atoms with E-state index in [9.17, 15) is 4.79 Å². The Bertz CT molecular complexity index is 222. The van der Waals surface area contributed by atoms with Crippen LogP contribution in [0, 0.1) is 0 Å². The third-order valence-corrected chi connectivity index (χ3v) is 4.39. The minimum atomic E-state index is -0.241. The third kappa shape index (κ3) is 2.23. The van der Waals surface area contributed by atoms with Crippen LogP contribution in [0.15, 0.2) is 0 Å². The van der Waals surface area contributed by atoms with Crippen molar-refractivity contribution in [2.75, 3.05) is 12.4 Å². The van der Waals surface area contributed by atoms with Gasteiger partial charge in [-0.2, -0.15) is 0 Å². The van der Waals surface area contributed by atoms with Gasteiger partial charge in [-0.25, -0.2) is 0 Å². The Morgan fingerprint density at radius 3 is 2.79 bits per heavy atom. The number of aliphatic hydroxyl groups excluding tert-OH is 1. The van der Waals surface area contributed by atoms with E-state index < -0.39 is 0 Å². The van der Waals surface area contributed by atoms with Crippen LogP contribution < -0.4 is 5.32 Å². The van der Waals surface area contributed by atoms with Gasteiger partial charge in [0.05, 0.1) is 17.4 Å². The summed E-state index contributed by atoms with van der Waals surface area (Å²) >= 11 is 1.76. The number of carbonyl (C=O) groups excluding carboxylic acids is 1. The van der Waals surface area contributed by atoms with Crippen molar-refractivity contribution in [1.29, 1.82) is 0 Å². The summed E-state index contributed by atoms with van der Waals surface area (Å²) in [7, 11) is 0. The van der Waals surface area contributed by atoms with Crippen LogP contribution in [0.2, 0.25) is 0 Å². The maximum absolute atomic E-state index is 11.8. The number of aliphatic hydroxyl groups is 1. The second kappa shape index (κ2) is 4.11. The van der Waals surface area contributed by atoms with E-state index in [1.165, 1.54) is 6.42 Å². The summed E-state index contributed by atoms with van der Waals surface area (Å²) in [6.07, 6.45) is 5.27. The second-order valence-corrected chi connectivity index (χ2v) is 5.59. The number of nitrogens with one attached hydrogen (secondary N) is 1. The van der Waals surface area contributed by atoms with Crippen LogP contribution >= 0.6 is 11.8 Å². The van der Waals surface area contributed by atoms with Gasteiger partial charge < -0.3 is 10.4 Å². The fraction of sp³-hybridized carbons (Fsp3) is 0.900. The summed E-state index contributed by atoms with van der Waals surface area (Å²) in [6.45, 7) is 0.0934. The van der Waals surface area contributed by atoms with E-state index in [2.05, 4.69) is 5.32 Å². The molecule has 2 fully saturated rings. The van der Waals surface area contributed by atoms with Crippen molar-refractivity contribution in [2.24, 2.45) is 0 Å². The fourth-order valence-electron chi connectivity index (χ4n) is 1.76. The Labute approximate surface area is 88.6 Å². The zero-order valence-corrected chi connectivity index (χ0v) is 9.11. The van der Waals surface area contributed by atoms with Crippen molar-refractivity contribution in [3.63, 3.8) is 0 Å². The van der Waals surface area contributed by atoms with Crippen LogP contribution in [0.4, 0.5) is 0 Å². The summed E-state index contributed by atoms with van der Waals surface area (Å²) in [5.41, 5.74) is -0.241. The van der Waals surface area contributed by atoms with Crippen molar-refractivity contribution in [2.45, 2.75) is 42.9 Å². The first kappa shape index (κ1) is 10.3. The minimum Gasteiger partial charge on any atom is -0.394 e. The van der Waals surface area contributed by atoms with Gasteiger partial charge in [0.1, 0.15) is 0 Å². The zero-order valence-electron chi connectivity index (χ0n) is 8.29. The van der Waals surface area contributed by atoms with Crippen molar-refractivity contribution in [1.82, 2.24) is 5.32 Å². The van der Waals surface area contributed by atoms with Gasteiger partial charge >= 0.3 is 0 Å². The van der Waals surface area contributed by atoms with E-state index in [4.69, 9.17) is 5.11 Å². The van der Waals surface area contributed by atoms with E-state index in [0.717, 1.165) is 31.4 Å². The molecule has 0 bridgehead atoms. The van der Waals surface area contributed by atoms with Crippen molar-refractivity contribution >= 4 is 17.7 Å². The number of rotatable bonds is 3. The lowest BCUT2D eigenvalue weighted by atomic mass is 10.1. The molecule has 1 heterocycles. The zero-order chi connectivity index (χ0) is 10.0. The first-order valence-electron chi connectivity index (χ1n) is 5.30. The molecule has 80 valence electrons. The molecule has 1 aliphatic carbocycles. The molecule has 1 unspecified atom stereocenters. The van der Waals surface area contributed by atoms with Gasteiger partial charge in [0.2, 0.25) is 5.91 Å². The molecule has 1 atom stereocenters. The van der Waals surface area contributed by atoms with Crippen molar-refractivity contribution in [3.05, 3.63) is 0 Å². The van der Waals surface area contributed by atoms with Gasteiger partial charge in [-0.3, -0.25) is 4.79 Å². The molecular formula is C10H17NO2S. The van der Waals surface area contributed by atoms with Crippen LogP contribution in [0.3, 0.4) is 0 Å². The molecular weight excluding hydrogens is 198 g/mol. The molecule has 3 nitrogen and oxygen atoms in total. The van der Waals surface area contributed by atoms with Crippen molar-refractivity contribution < 1.29 is 9.90 Å². The first-order valence-corrected chi connectivity index (χ1v) is 6.35. The summed E-state index contributed by atoms with van der Waals surface area (Å²) in [5.74, 6) is 1.24. The number of thioether (sulfide) groups is 1. The van der Waals surface area contributed by atoms with Crippen LogP contribution in [0.25, 0.3) is 0 Å². The van der Waals surface area contributed by atoms with Crippen LogP contribution in [-0.2, 0) is 4.79 Å². The largest absolute Gasteiger partial charge is 0.394 e. The quantitative estimate of drug-likeness (QED) is 0.736. The Kier molecular flexibility index (Phi) is 3.02. The van der Waals surface area contributed by atoms with Gasteiger partial charge in [-0.15, -0.1) is 11.8 Å². The molecule has 1 aliphatic heterocycles. The number of hydrogen-bond donors (Lipinski definition) is 2. The van der Waals surface area contributed by atoms with E-state index in [-0.39, 0.29) is 23.3 Å². The summed E-state index contributed by atoms with van der Waals surface area (Å²) in [6, 6.07) is 0. The molecule has 2 aliphatic rings. The predicted octanol–water partition coefficient (Wildman–Crippen LogP) is 0.913. The molecule has 4 heteroatoms. The van der Waals surface area contributed by atoms with Gasteiger partial charge in [0.25, 0.3) is 0 Å².